The molecule has 2 heterocycles. The van der Waals surface area contributed by atoms with Crippen molar-refractivity contribution in [2.45, 2.75) is 18.5 Å². The molecule has 0 bridgehead atoms. The number of rotatable bonds is 2. The molecule has 2 fully saturated rings. The highest BCUT2D eigenvalue weighted by atomic mass is 16.2. The van der Waals surface area contributed by atoms with Crippen molar-refractivity contribution in [3.05, 3.63) is 83.4 Å². The van der Waals surface area contributed by atoms with Crippen LogP contribution in [0.1, 0.15) is 33.9 Å². The zero-order chi connectivity index (χ0) is 19.8. The van der Waals surface area contributed by atoms with Gasteiger partial charge in [0.05, 0.1) is 23.2 Å². The topological polar surface area (TPSA) is 68.2 Å². The molecule has 0 aliphatic carbocycles. The van der Waals surface area contributed by atoms with Gasteiger partial charge in [0.1, 0.15) is 0 Å². The van der Waals surface area contributed by atoms with E-state index in [-0.39, 0.29) is 17.9 Å². The van der Waals surface area contributed by atoms with Crippen LogP contribution >= 0.6 is 0 Å². The average molecular weight is 382 g/mol. The summed E-state index contributed by atoms with van der Waals surface area (Å²) < 4.78 is 0. The predicted molar refractivity (Wildman–Crippen MR) is 112 cm³/mol. The summed E-state index contributed by atoms with van der Waals surface area (Å²) in [6.07, 6.45) is 0.888. The maximum Gasteiger partial charge on any atom is 0.255 e. The molecule has 5 rings (SSSR count). The van der Waals surface area contributed by atoms with E-state index in [4.69, 9.17) is 0 Å². The van der Waals surface area contributed by atoms with Crippen molar-refractivity contribution in [2.24, 2.45) is 5.92 Å². The summed E-state index contributed by atoms with van der Waals surface area (Å²) in [5.74, 6) is 0.219. The highest BCUT2D eigenvalue weighted by Gasteiger charge is 2.42. The molecule has 29 heavy (non-hydrogen) atoms. The third kappa shape index (κ3) is 3.07. The molecule has 0 aromatic heterocycles. The minimum atomic E-state index is -0.0517. The van der Waals surface area contributed by atoms with E-state index < -0.39 is 0 Å². The highest BCUT2D eigenvalue weighted by molar-refractivity contribution is 5.96. The summed E-state index contributed by atoms with van der Waals surface area (Å²) >= 11 is 0. The number of nitrogens with zero attached hydrogens (tertiary/aromatic N) is 2. The van der Waals surface area contributed by atoms with Crippen molar-refractivity contribution >= 4 is 16.7 Å². The molecule has 3 aromatic rings. The smallest absolute Gasteiger partial charge is 0.255 e. The third-order valence-corrected chi connectivity index (χ3v) is 6.23. The van der Waals surface area contributed by atoms with Crippen LogP contribution in [0.25, 0.3) is 10.8 Å². The molecule has 3 unspecified atom stereocenters. The Morgan fingerprint density at radius 3 is 2.69 bits per heavy atom. The van der Waals surface area contributed by atoms with Crippen molar-refractivity contribution in [3.8, 4) is 6.07 Å². The van der Waals surface area contributed by atoms with Gasteiger partial charge in [-0.2, -0.15) is 5.26 Å². The van der Waals surface area contributed by atoms with Crippen molar-refractivity contribution < 1.29 is 4.79 Å². The molecule has 144 valence electrons. The predicted octanol–water partition coefficient (Wildman–Crippen LogP) is 3.39. The summed E-state index contributed by atoms with van der Waals surface area (Å²) in [6, 6.07) is 24.5. The maximum absolute atomic E-state index is 13.2. The van der Waals surface area contributed by atoms with E-state index in [2.05, 4.69) is 59.4 Å². The maximum atomic E-state index is 13.2. The molecule has 2 aliphatic heterocycles. The number of hydrazine groups is 1. The minimum Gasteiger partial charge on any atom is -0.338 e. The van der Waals surface area contributed by atoms with Gasteiger partial charge in [-0.05, 0) is 34.9 Å². The van der Waals surface area contributed by atoms with E-state index in [0.717, 1.165) is 6.42 Å². The normalized spacial score (nSPS) is 23.6. The molecule has 3 atom stereocenters. The first-order chi connectivity index (χ1) is 14.3. The highest BCUT2D eigenvalue weighted by Crippen LogP contribution is 2.37. The number of hydrogen-bond donors (Lipinski definition) is 2. The fourth-order valence-electron chi connectivity index (χ4n) is 4.75. The first kappa shape index (κ1) is 17.9. The molecule has 2 aliphatic rings. The van der Waals surface area contributed by atoms with Crippen molar-refractivity contribution in [3.63, 3.8) is 0 Å². The standard InChI is InChI=1S/C24H22N4O/c25-14-17-7-2-4-10-19(17)24(29)28-13-12-22-21(15-28)23(27-26-22)20-11-5-8-16-6-1-3-9-18(16)20/h1-11,21-23,26-27H,12-13,15H2. The molecule has 0 radical (unpaired) electrons. The number of carbonyl (C=O) groups excluding carboxylic acids is 1. The molecule has 2 N–H and O–H groups in total. The van der Waals surface area contributed by atoms with Crippen LogP contribution in [0.2, 0.25) is 0 Å². The Labute approximate surface area is 169 Å². The number of likely N-dealkylation sites (tertiary alicyclic amines) is 1. The minimum absolute atomic E-state index is 0.0517. The van der Waals surface area contributed by atoms with Crippen LogP contribution in [0.15, 0.2) is 66.7 Å². The fourth-order valence-corrected chi connectivity index (χ4v) is 4.75. The second-order valence-electron chi connectivity index (χ2n) is 7.80. The van der Waals surface area contributed by atoms with Gasteiger partial charge >= 0.3 is 0 Å². The lowest BCUT2D eigenvalue weighted by Gasteiger charge is -2.36. The van der Waals surface area contributed by atoms with Crippen molar-refractivity contribution in [1.29, 1.82) is 5.26 Å². The van der Waals surface area contributed by atoms with Gasteiger partial charge in [-0.3, -0.25) is 10.2 Å². The summed E-state index contributed by atoms with van der Waals surface area (Å²) in [6.45, 7) is 1.36. The van der Waals surface area contributed by atoms with E-state index in [1.807, 2.05) is 11.0 Å². The molecule has 1 amide bonds. The lowest BCUT2D eigenvalue weighted by Crippen LogP contribution is -2.48. The number of hydrogen-bond acceptors (Lipinski definition) is 4. The molecular formula is C24H22N4O. The number of benzene rings is 3. The first-order valence-corrected chi connectivity index (χ1v) is 10.0. The van der Waals surface area contributed by atoms with Crippen LogP contribution < -0.4 is 10.9 Å². The third-order valence-electron chi connectivity index (χ3n) is 6.23. The summed E-state index contributed by atoms with van der Waals surface area (Å²) in [7, 11) is 0. The number of fused-ring (bicyclic) bond motifs is 2. The Hall–Kier alpha value is -3.20. The van der Waals surface area contributed by atoms with Crippen LogP contribution in [-0.2, 0) is 0 Å². The SMILES string of the molecule is N#Cc1ccccc1C(=O)N1CCC2NNC(c3cccc4ccccc34)C2C1. The molecule has 3 aromatic carbocycles. The van der Waals surface area contributed by atoms with Gasteiger partial charge in [0.15, 0.2) is 0 Å². The zero-order valence-corrected chi connectivity index (χ0v) is 16.0. The Kier molecular flexibility index (Phi) is 4.51. The first-order valence-electron chi connectivity index (χ1n) is 10.0. The van der Waals surface area contributed by atoms with E-state index in [1.165, 1.54) is 16.3 Å². The van der Waals surface area contributed by atoms with Gasteiger partial charge in [-0.1, -0.05) is 54.6 Å². The van der Waals surface area contributed by atoms with Crippen LogP contribution in [-0.4, -0.2) is 29.9 Å². The molecule has 0 spiro atoms. The van der Waals surface area contributed by atoms with Gasteiger partial charge in [0.25, 0.3) is 5.91 Å². The lowest BCUT2D eigenvalue weighted by molar-refractivity contribution is 0.0652. The Morgan fingerprint density at radius 2 is 1.79 bits per heavy atom. The van der Waals surface area contributed by atoms with Gasteiger partial charge in [-0.15, -0.1) is 0 Å². The van der Waals surface area contributed by atoms with Crippen LogP contribution in [0.3, 0.4) is 0 Å². The van der Waals surface area contributed by atoms with Crippen molar-refractivity contribution in [1.82, 2.24) is 15.8 Å². The average Bonchev–Trinajstić information content (AvgIpc) is 3.21. The number of carbonyl (C=O) groups is 1. The Bertz CT molecular complexity index is 1110. The molecule has 0 saturated carbocycles. The number of nitrogens with one attached hydrogen (secondary N) is 2. The summed E-state index contributed by atoms with van der Waals surface area (Å²) in [4.78, 5) is 15.1. The van der Waals surface area contributed by atoms with E-state index >= 15 is 0 Å². The van der Waals surface area contributed by atoms with Crippen LogP contribution in [0.5, 0.6) is 0 Å². The second kappa shape index (κ2) is 7.32. The summed E-state index contributed by atoms with van der Waals surface area (Å²) in [5, 5.41) is 11.8. The van der Waals surface area contributed by atoms with Gasteiger partial charge in [0.2, 0.25) is 0 Å². The van der Waals surface area contributed by atoms with Gasteiger partial charge in [0, 0.05) is 25.0 Å². The number of amides is 1. The van der Waals surface area contributed by atoms with E-state index in [0.29, 0.717) is 30.3 Å². The van der Waals surface area contributed by atoms with Crippen molar-refractivity contribution in [2.75, 3.05) is 13.1 Å². The zero-order valence-electron chi connectivity index (χ0n) is 16.0. The lowest BCUT2D eigenvalue weighted by atomic mass is 9.83. The van der Waals surface area contributed by atoms with Gasteiger partial charge < -0.3 is 4.90 Å². The Balaban J connectivity index is 1.45. The van der Waals surface area contributed by atoms with E-state index in [9.17, 15) is 10.1 Å². The van der Waals surface area contributed by atoms with E-state index in [1.54, 1.807) is 18.2 Å². The number of nitriles is 1. The van der Waals surface area contributed by atoms with Crippen LogP contribution in [0.4, 0.5) is 0 Å². The fraction of sp³-hybridized carbons (Fsp3) is 0.250. The van der Waals surface area contributed by atoms with Crippen LogP contribution in [0, 0.1) is 17.2 Å². The molecule has 2 saturated heterocycles. The monoisotopic (exact) mass is 382 g/mol. The quantitative estimate of drug-likeness (QED) is 0.713. The number of piperidine rings is 1. The second-order valence-corrected chi connectivity index (χ2v) is 7.80. The molecule has 5 nitrogen and oxygen atoms in total. The Morgan fingerprint density at radius 1 is 1.00 bits per heavy atom. The summed E-state index contributed by atoms with van der Waals surface area (Å²) in [5.41, 5.74) is 9.13. The van der Waals surface area contributed by atoms with Gasteiger partial charge in [-0.25, -0.2) is 5.43 Å². The largest absolute Gasteiger partial charge is 0.338 e. The molecular weight excluding hydrogens is 360 g/mol. The molecule has 5 heteroatoms.